The fourth-order valence-electron chi connectivity index (χ4n) is 5.13. The highest BCUT2D eigenvalue weighted by Gasteiger charge is 2.13. The van der Waals surface area contributed by atoms with Gasteiger partial charge in [-0.3, -0.25) is 19.2 Å². The number of nitrogens with one attached hydrogen (secondary N) is 4. The number of carbonyl (C=O) groups excluding carboxylic acids is 4. The minimum atomic E-state index is -0.276. The van der Waals surface area contributed by atoms with Gasteiger partial charge in [-0.15, -0.1) is 0 Å². The van der Waals surface area contributed by atoms with Gasteiger partial charge >= 0.3 is 0 Å². The second-order valence-corrected chi connectivity index (χ2v) is 11.4. The summed E-state index contributed by atoms with van der Waals surface area (Å²) < 4.78 is 0. The summed E-state index contributed by atoms with van der Waals surface area (Å²) in [5, 5.41) is 11.2. The average Bonchev–Trinajstić information content (AvgIpc) is 3.12. The lowest BCUT2D eigenvalue weighted by Crippen LogP contribution is -2.12. The summed E-state index contributed by atoms with van der Waals surface area (Å²) in [6.45, 7) is 2.85. The number of rotatable bonds is 9. The molecule has 5 aromatic carbocycles. The first-order valence-corrected chi connectivity index (χ1v) is 15.7. The van der Waals surface area contributed by atoms with Crippen molar-refractivity contribution in [2.75, 3.05) is 21.3 Å². The molecule has 1 heterocycles. The Morgan fingerprint density at radius 3 is 1.16 bits per heavy atom. The van der Waals surface area contributed by atoms with Crippen molar-refractivity contribution in [2.24, 2.45) is 0 Å². The van der Waals surface area contributed by atoms with Gasteiger partial charge in [-0.05, 0) is 78.9 Å². The molecule has 0 spiro atoms. The van der Waals surface area contributed by atoms with Crippen molar-refractivity contribution in [3.05, 3.63) is 145 Å². The van der Waals surface area contributed by atoms with Crippen LogP contribution >= 0.6 is 0 Å². The third kappa shape index (κ3) is 8.31. The van der Waals surface area contributed by atoms with Crippen molar-refractivity contribution in [3.8, 4) is 33.9 Å². The number of benzene rings is 5. The van der Waals surface area contributed by atoms with E-state index in [1.54, 1.807) is 48.5 Å². The van der Waals surface area contributed by atoms with Gasteiger partial charge in [0.1, 0.15) is 0 Å². The van der Waals surface area contributed by atoms with E-state index in [1.165, 1.54) is 13.8 Å². The molecule has 4 amide bonds. The number of amides is 4. The molecule has 4 N–H and O–H groups in total. The first-order valence-electron chi connectivity index (χ1n) is 15.7. The van der Waals surface area contributed by atoms with E-state index in [0.717, 1.165) is 16.7 Å². The van der Waals surface area contributed by atoms with E-state index < -0.39 is 0 Å². The monoisotopic (exact) mass is 660 g/mol. The SMILES string of the molecule is CC(=O)Nc1ccc(C(=O)Nc2ccc(-c3cc(-c4ccc(NC(=O)c5ccc(NC(C)=O)cc5)cc4)nc(-c4ccccc4)n3)cc2)cc1. The van der Waals surface area contributed by atoms with Crippen LogP contribution in [0, 0.1) is 0 Å². The number of hydrogen-bond acceptors (Lipinski definition) is 6. The quantitative estimate of drug-likeness (QED) is 0.124. The third-order valence-corrected chi connectivity index (χ3v) is 7.57. The minimum absolute atomic E-state index is 0.183. The van der Waals surface area contributed by atoms with Crippen molar-refractivity contribution in [1.82, 2.24) is 9.97 Å². The highest BCUT2D eigenvalue weighted by molar-refractivity contribution is 6.05. The number of hydrogen-bond donors (Lipinski definition) is 4. The molecule has 0 aliphatic carbocycles. The fourth-order valence-corrected chi connectivity index (χ4v) is 5.13. The summed E-state index contributed by atoms with van der Waals surface area (Å²) in [5.74, 6) is -0.362. The first kappa shape index (κ1) is 33.0. The zero-order valence-corrected chi connectivity index (χ0v) is 27.2. The van der Waals surface area contributed by atoms with Crippen LogP contribution in [0.15, 0.2) is 133 Å². The van der Waals surface area contributed by atoms with Crippen molar-refractivity contribution in [1.29, 1.82) is 0 Å². The van der Waals surface area contributed by atoms with Crippen molar-refractivity contribution in [2.45, 2.75) is 13.8 Å². The number of aromatic nitrogens is 2. The predicted octanol–water partition coefficient (Wildman–Crippen LogP) is 7.90. The van der Waals surface area contributed by atoms with E-state index >= 15 is 0 Å². The molecule has 246 valence electrons. The highest BCUT2D eigenvalue weighted by Crippen LogP contribution is 2.29. The normalized spacial score (nSPS) is 10.5. The van der Waals surface area contributed by atoms with Crippen LogP contribution in [0.1, 0.15) is 34.6 Å². The van der Waals surface area contributed by atoms with E-state index in [1.807, 2.05) is 84.9 Å². The molecule has 6 aromatic rings. The molecular weight excluding hydrogens is 628 g/mol. The van der Waals surface area contributed by atoms with Crippen LogP contribution in [0.5, 0.6) is 0 Å². The van der Waals surface area contributed by atoms with E-state index in [9.17, 15) is 19.2 Å². The molecule has 0 fully saturated rings. The molecule has 10 heteroatoms. The van der Waals surface area contributed by atoms with E-state index in [2.05, 4.69) is 21.3 Å². The lowest BCUT2D eigenvalue weighted by molar-refractivity contribution is -0.115. The van der Waals surface area contributed by atoms with Crippen LogP contribution in [-0.4, -0.2) is 33.6 Å². The Labute approximate surface area is 288 Å². The Balaban J connectivity index is 1.20. The molecular formula is C40H32N6O4. The summed E-state index contributed by atoms with van der Waals surface area (Å²) >= 11 is 0. The van der Waals surface area contributed by atoms with Gasteiger partial charge in [-0.1, -0.05) is 54.6 Å². The van der Waals surface area contributed by atoms with Gasteiger partial charge in [-0.25, -0.2) is 9.97 Å². The molecule has 0 saturated carbocycles. The second-order valence-electron chi connectivity index (χ2n) is 11.4. The van der Waals surface area contributed by atoms with Crippen LogP contribution in [0.25, 0.3) is 33.9 Å². The third-order valence-electron chi connectivity index (χ3n) is 7.57. The molecule has 0 bridgehead atoms. The number of carbonyl (C=O) groups is 4. The van der Waals surface area contributed by atoms with Gasteiger partial charge in [0, 0.05) is 64.4 Å². The molecule has 50 heavy (non-hydrogen) atoms. The van der Waals surface area contributed by atoms with E-state index in [4.69, 9.17) is 9.97 Å². The molecule has 0 radical (unpaired) electrons. The molecule has 0 aliphatic heterocycles. The van der Waals surface area contributed by atoms with Crippen molar-refractivity contribution in [3.63, 3.8) is 0 Å². The Hall–Kier alpha value is -6.94. The van der Waals surface area contributed by atoms with Gasteiger partial charge in [0.25, 0.3) is 11.8 Å². The lowest BCUT2D eigenvalue weighted by atomic mass is 10.1. The smallest absolute Gasteiger partial charge is 0.255 e. The van der Waals surface area contributed by atoms with Crippen LogP contribution in [-0.2, 0) is 9.59 Å². The Morgan fingerprint density at radius 1 is 0.420 bits per heavy atom. The zero-order valence-electron chi connectivity index (χ0n) is 27.2. The second kappa shape index (κ2) is 14.9. The largest absolute Gasteiger partial charge is 0.326 e. The predicted molar refractivity (Wildman–Crippen MR) is 196 cm³/mol. The molecule has 0 atom stereocenters. The summed E-state index contributed by atoms with van der Waals surface area (Å²) in [5.41, 5.74) is 7.28. The van der Waals surface area contributed by atoms with E-state index in [-0.39, 0.29) is 23.6 Å². The lowest BCUT2D eigenvalue weighted by Gasteiger charge is -2.11. The topological polar surface area (TPSA) is 142 Å². The van der Waals surface area contributed by atoms with Crippen LogP contribution in [0.3, 0.4) is 0 Å². The van der Waals surface area contributed by atoms with Crippen molar-refractivity contribution < 1.29 is 19.2 Å². The molecule has 10 nitrogen and oxygen atoms in total. The maximum absolute atomic E-state index is 12.9. The minimum Gasteiger partial charge on any atom is -0.326 e. The van der Waals surface area contributed by atoms with E-state index in [0.29, 0.717) is 51.1 Å². The van der Waals surface area contributed by atoms with Gasteiger partial charge < -0.3 is 21.3 Å². The van der Waals surface area contributed by atoms with Gasteiger partial charge in [0.2, 0.25) is 11.8 Å². The summed E-state index contributed by atoms with van der Waals surface area (Å²) in [7, 11) is 0. The number of nitrogens with zero attached hydrogens (tertiary/aromatic N) is 2. The Morgan fingerprint density at radius 2 is 0.780 bits per heavy atom. The Bertz CT molecular complexity index is 2030. The zero-order chi connectivity index (χ0) is 35.0. The average molecular weight is 661 g/mol. The van der Waals surface area contributed by atoms with Gasteiger partial charge in [0.15, 0.2) is 5.82 Å². The first-order chi connectivity index (χ1) is 24.2. The maximum atomic E-state index is 12.9. The summed E-state index contributed by atoms with van der Waals surface area (Å²) in [4.78, 5) is 58.0. The Kier molecular flexibility index (Phi) is 9.81. The standard InChI is InChI=1S/C40H32N6O4/c1-25(47)41-32-20-12-30(13-21-32)39(49)43-34-16-8-27(9-17-34)36-24-37(46-38(45-36)29-6-4-3-5-7-29)28-10-18-35(19-11-28)44-40(50)31-14-22-33(23-15-31)42-26(2)48/h3-24H,1-2H3,(H,41,47)(H,42,48)(H,43,49)(H,44,50). The molecule has 0 saturated heterocycles. The van der Waals surface area contributed by atoms with Crippen molar-refractivity contribution >= 4 is 46.4 Å². The fraction of sp³-hybridized carbons (Fsp3) is 0.0500. The molecule has 0 unspecified atom stereocenters. The van der Waals surface area contributed by atoms with Crippen LogP contribution < -0.4 is 21.3 Å². The highest BCUT2D eigenvalue weighted by atomic mass is 16.2. The molecule has 6 rings (SSSR count). The summed E-state index contributed by atoms with van der Waals surface area (Å²) in [6.07, 6.45) is 0. The maximum Gasteiger partial charge on any atom is 0.255 e. The molecule has 1 aromatic heterocycles. The number of anilines is 4. The van der Waals surface area contributed by atoms with Gasteiger partial charge in [-0.2, -0.15) is 0 Å². The summed E-state index contributed by atoms with van der Waals surface area (Å²) in [6, 6.07) is 39.7. The molecule has 0 aliphatic rings. The van der Waals surface area contributed by atoms with Gasteiger partial charge in [0.05, 0.1) is 11.4 Å². The van der Waals surface area contributed by atoms with Crippen LogP contribution in [0.4, 0.5) is 22.7 Å². The van der Waals surface area contributed by atoms with Crippen LogP contribution in [0.2, 0.25) is 0 Å².